The van der Waals surface area contributed by atoms with Gasteiger partial charge < -0.3 is 6.15 Å². The summed E-state index contributed by atoms with van der Waals surface area (Å²) >= 11 is 2.65. The normalized spacial score (nSPS) is 10.5. The Hall–Kier alpha value is 0.0900. The molecule has 11 heteroatoms. The molecule has 0 radical (unpaired) electrons. The summed E-state index contributed by atoms with van der Waals surface area (Å²) in [5.41, 5.74) is 0. The Morgan fingerprint density at radius 1 is 0.909 bits per heavy atom. The van der Waals surface area contributed by atoms with Gasteiger partial charge in [0.2, 0.25) is 0 Å². The Bertz CT molecular complexity index is 210. The Kier molecular flexibility index (Phi) is 8.95. The lowest BCUT2D eigenvalue weighted by molar-refractivity contribution is 0.381. The van der Waals surface area contributed by atoms with Gasteiger partial charge in [0.25, 0.3) is 0 Å². The van der Waals surface area contributed by atoms with Crippen molar-refractivity contribution in [3.63, 3.8) is 0 Å². The number of thiol groups is 1. The van der Waals surface area contributed by atoms with Gasteiger partial charge in [-0.15, -0.1) is 0 Å². The topological polar surface area (TPSA) is 164 Å². The fourth-order valence-corrected chi connectivity index (χ4v) is 0. The summed E-state index contributed by atoms with van der Waals surface area (Å²) in [6.45, 7) is 0. The van der Waals surface area contributed by atoms with Crippen LogP contribution in [0.1, 0.15) is 0 Å². The van der Waals surface area contributed by atoms with Gasteiger partial charge in [-0.25, -0.2) is 0 Å². The van der Waals surface area contributed by atoms with Gasteiger partial charge in [0.1, 0.15) is 0 Å². The Morgan fingerprint density at radius 3 is 0.909 bits per heavy atom. The molecule has 0 aromatic carbocycles. The highest BCUT2D eigenvalue weighted by molar-refractivity contribution is 8.61. The second kappa shape index (κ2) is 5.70. The molecule has 72 valence electrons. The molecule has 0 aliphatic heterocycles. The Labute approximate surface area is 68.3 Å². The molecule has 0 bridgehead atoms. The molecule has 0 aromatic heterocycles. The van der Waals surface area contributed by atoms with Crippen LogP contribution < -0.4 is 6.15 Å². The average Bonchev–Trinajstić information content (AvgIpc) is 1.12. The average molecular weight is 229 g/mol. The van der Waals surface area contributed by atoms with E-state index in [2.05, 4.69) is 11.7 Å². The molecule has 0 atom stereocenters. The van der Waals surface area contributed by atoms with Crippen LogP contribution in [0.3, 0.4) is 0 Å². The van der Waals surface area contributed by atoms with Gasteiger partial charge in [-0.2, -0.15) is 16.8 Å². The minimum absolute atomic E-state index is 0. The van der Waals surface area contributed by atoms with Gasteiger partial charge in [0.05, 0.1) is 0 Å². The van der Waals surface area contributed by atoms with Crippen LogP contribution in [0.2, 0.25) is 0 Å². The van der Waals surface area contributed by atoms with E-state index in [1.165, 1.54) is 0 Å². The molecule has 0 rings (SSSR count). The van der Waals surface area contributed by atoms with Crippen LogP contribution in [0.25, 0.3) is 0 Å². The standard InChI is InChI=1S/H3N.H2O4S.H2O3S2/c;2*1-5(2,3)4/h1H3;2*(H2,1,2,3,4). The maximum absolute atomic E-state index is 9.05. The Morgan fingerprint density at radius 2 is 0.909 bits per heavy atom. The first-order valence-electron chi connectivity index (χ1n) is 1.40. The van der Waals surface area contributed by atoms with Crippen LogP contribution in [-0.2, 0) is 19.5 Å². The van der Waals surface area contributed by atoms with Crippen molar-refractivity contribution < 1.29 is 30.5 Å². The predicted molar refractivity (Wildman–Crippen MR) is 39.7 cm³/mol. The van der Waals surface area contributed by atoms with Gasteiger partial charge >= 0.3 is 19.5 Å². The first-order valence-corrected chi connectivity index (χ1v) is 5.29. The molecule has 0 saturated heterocycles. The third kappa shape index (κ3) is 81500. The molecule has 0 aliphatic carbocycles. The van der Waals surface area contributed by atoms with E-state index >= 15 is 0 Å². The molecule has 0 heterocycles. The SMILES string of the molecule is N.O=S(=O)(O)O.O=S(=O)(O)S. The lowest BCUT2D eigenvalue weighted by Gasteiger charge is -1.68. The van der Waals surface area contributed by atoms with E-state index in [1.54, 1.807) is 0 Å². The highest BCUT2D eigenvalue weighted by Crippen LogP contribution is 1.81. The summed E-state index contributed by atoms with van der Waals surface area (Å²) < 4.78 is 57.0. The van der Waals surface area contributed by atoms with Crippen LogP contribution in [0.4, 0.5) is 0 Å². The van der Waals surface area contributed by atoms with Crippen LogP contribution in [0.15, 0.2) is 0 Å². The fourth-order valence-electron chi connectivity index (χ4n) is 0. The van der Waals surface area contributed by atoms with Crippen molar-refractivity contribution in [2.75, 3.05) is 0 Å². The molecule has 6 N–H and O–H groups in total. The highest BCUT2D eigenvalue weighted by Gasteiger charge is 1.84. The van der Waals surface area contributed by atoms with Gasteiger partial charge in [0.15, 0.2) is 0 Å². The highest BCUT2D eigenvalue weighted by atomic mass is 33.1. The van der Waals surface area contributed by atoms with Gasteiger partial charge in [0, 0.05) is 0 Å². The quantitative estimate of drug-likeness (QED) is 0.205. The van der Waals surface area contributed by atoms with E-state index in [0.29, 0.717) is 0 Å². The molecule has 11 heavy (non-hydrogen) atoms. The van der Waals surface area contributed by atoms with E-state index in [4.69, 9.17) is 30.5 Å². The van der Waals surface area contributed by atoms with E-state index in [-0.39, 0.29) is 6.15 Å². The molecule has 0 unspecified atom stereocenters. The van der Waals surface area contributed by atoms with Crippen molar-refractivity contribution in [1.29, 1.82) is 0 Å². The van der Waals surface area contributed by atoms with Crippen LogP contribution >= 0.6 is 11.7 Å². The number of rotatable bonds is 0. The summed E-state index contributed by atoms with van der Waals surface area (Å²) in [4.78, 5) is 0. The van der Waals surface area contributed by atoms with Crippen molar-refractivity contribution >= 4 is 31.2 Å². The molecule has 0 amide bonds. The first kappa shape index (κ1) is 17.3. The molecule has 0 fully saturated rings. The second-order valence-electron chi connectivity index (χ2n) is 0.896. The Balaban J connectivity index is -0.000000107. The maximum Gasteiger partial charge on any atom is 0.394 e. The zero-order chi connectivity index (χ0) is 9.00. The van der Waals surface area contributed by atoms with Crippen molar-refractivity contribution in [3.05, 3.63) is 0 Å². The summed E-state index contributed by atoms with van der Waals surface area (Å²) in [6, 6.07) is 0. The molecule has 0 spiro atoms. The smallest absolute Gasteiger partial charge is 0.344 e. The van der Waals surface area contributed by atoms with E-state index < -0.39 is 19.5 Å². The number of hydrogen-bond acceptors (Lipinski definition) is 5. The van der Waals surface area contributed by atoms with E-state index in [1.807, 2.05) is 0 Å². The van der Waals surface area contributed by atoms with Crippen LogP contribution in [-0.4, -0.2) is 30.5 Å². The zero-order valence-corrected chi connectivity index (χ0v) is 7.47. The lowest BCUT2D eigenvalue weighted by atomic mass is 14.0. The summed E-state index contributed by atoms with van der Waals surface area (Å²) in [6.07, 6.45) is 0. The third-order valence-corrected chi connectivity index (χ3v) is 0. The first-order chi connectivity index (χ1) is 4.00. The molecular weight excluding hydrogens is 222 g/mol. The van der Waals surface area contributed by atoms with Crippen molar-refractivity contribution in [2.24, 2.45) is 0 Å². The van der Waals surface area contributed by atoms with Crippen molar-refractivity contribution in [3.8, 4) is 0 Å². The second-order valence-corrected chi connectivity index (χ2v) is 4.07. The van der Waals surface area contributed by atoms with E-state index in [9.17, 15) is 0 Å². The minimum atomic E-state index is -4.67. The summed E-state index contributed by atoms with van der Waals surface area (Å²) in [5, 5.41) is 0. The third-order valence-electron chi connectivity index (χ3n) is 0. The molecule has 8 nitrogen and oxygen atoms in total. The van der Waals surface area contributed by atoms with Gasteiger partial charge in [-0.1, -0.05) is 0 Å². The molecule has 0 saturated carbocycles. The largest absolute Gasteiger partial charge is 0.394 e. The van der Waals surface area contributed by atoms with Crippen molar-refractivity contribution in [1.82, 2.24) is 6.15 Å². The molecular formula is H7NO7S3. The maximum atomic E-state index is 9.05. The van der Waals surface area contributed by atoms with Crippen molar-refractivity contribution in [2.45, 2.75) is 0 Å². The van der Waals surface area contributed by atoms with Crippen LogP contribution in [0.5, 0.6) is 0 Å². The predicted octanol–water partition coefficient (Wildman–Crippen LogP) is -0.772. The summed E-state index contributed by atoms with van der Waals surface area (Å²) in [5.74, 6) is 0. The zero-order valence-electron chi connectivity index (χ0n) is 4.95. The van der Waals surface area contributed by atoms with Crippen LogP contribution in [0, 0.1) is 0 Å². The monoisotopic (exact) mass is 229 g/mol. The van der Waals surface area contributed by atoms with Gasteiger partial charge in [-0.3, -0.25) is 13.7 Å². The van der Waals surface area contributed by atoms with Gasteiger partial charge in [-0.05, 0) is 11.7 Å². The lowest BCUT2D eigenvalue weighted by Crippen LogP contribution is -1.89. The minimum Gasteiger partial charge on any atom is -0.344 e. The van der Waals surface area contributed by atoms with E-state index in [0.717, 1.165) is 0 Å². The molecule has 0 aromatic rings. The number of hydrogen-bond donors (Lipinski definition) is 5. The summed E-state index contributed by atoms with van der Waals surface area (Å²) in [7, 11) is -8.64. The fraction of sp³-hybridized carbons (Fsp3) is 0. The molecule has 0 aliphatic rings.